The lowest BCUT2D eigenvalue weighted by molar-refractivity contribution is -0.0128. The zero-order chi connectivity index (χ0) is 16.7. The van der Waals surface area contributed by atoms with Crippen LogP contribution in [0.1, 0.15) is 15.9 Å². The zero-order valence-corrected chi connectivity index (χ0v) is 13.9. The molecule has 0 saturated carbocycles. The third kappa shape index (κ3) is 2.29. The first-order valence-electron chi connectivity index (χ1n) is 7.32. The highest BCUT2D eigenvalue weighted by Gasteiger charge is 2.49. The van der Waals surface area contributed by atoms with Gasteiger partial charge < -0.3 is 14.2 Å². The topological polar surface area (TPSA) is 73.8 Å². The number of carbonyl (C=O) groups excluding carboxylic acids is 1. The van der Waals surface area contributed by atoms with Crippen LogP contribution in [0.25, 0.3) is 22.2 Å². The summed E-state index contributed by atoms with van der Waals surface area (Å²) in [4.78, 5) is 11.6. The number of epoxide rings is 1. The maximum Gasteiger partial charge on any atom is 0.337 e. The molecule has 0 aliphatic carbocycles. The van der Waals surface area contributed by atoms with Crippen LogP contribution in [0, 0.1) is 0 Å². The quantitative estimate of drug-likeness (QED) is 0.536. The zero-order valence-electron chi connectivity index (χ0n) is 13.1. The smallest absolute Gasteiger partial charge is 0.337 e. The van der Waals surface area contributed by atoms with Gasteiger partial charge in [0.1, 0.15) is 17.6 Å². The molecule has 2 heterocycles. The maximum atomic E-state index is 11.6. The first kappa shape index (κ1) is 15.2. The summed E-state index contributed by atoms with van der Waals surface area (Å²) >= 11 is 1.16. The molecule has 1 atom stereocenters. The van der Waals surface area contributed by atoms with E-state index in [1.54, 1.807) is 19.2 Å². The highest BCUT2D eigenvalue weighted by molar-refractivity contribution is 7.00. The van der Waals surface area contributed by atoms with Crippen molar-refractivity contribution < 1.29 is 19.0 Å². The molecular weight excluding hydrogens is 328 g/mol. The molecule has 2 aromatic carbocycles. The summed E-state index contributed by atoms with van der Waals surface area (Å²) < 4.78 is 24.5. The van der Waals surface area contributed by atoms with Crippen LogP contribution >= 0.6 is 11.7 Å². The van der Waals surface area contributed by atoms with Gasteiger partial charge in [-0.15, -0.1) is 0 Å². The number of methoxy groups -OCH3 is 2. The van der Waals surface area contributed by atoms with Gasteiger partial charge in [0.15, 0.2) is 0 Å². The van der Waals surface area contributed by atoms with Crippen LogP contribution in [0.2, 0.25) is 0 Å². The van der Waals surface area contributed by atoms with Crippen LogP contribution in [-0.4, -0.2) is 35.5 Å². The third-order valence-electron chi connectivity index (χ3n) is 4.18. The van der Waals surface area contributed by atoms with Gasteiger partial charge in [-0.05, 0) is 17.7 Å². The monoisotopic (exact) mass is 342 g/mol. The summed E-state index contributed by atoms with van der Waals surface area (Å²) in [6, 6.07) is 11.2. The highest BCUT2D eigenvalue weighted by atomic mass is 32.1. The summed E-state index contributed by atoms with van der Waals surface area (Å²) in [7, 11) is 2.99. The number of nitrogens with zero attached hydrogens (tertiary/aromatic N) is 2. The number of aromatic nitrogens is 2. The van der Waals surface area contributed by atoms with Gasteiger partial charge in [-0.3, -0.25) is 0 Å². The Morgan fingerprint density at radius 2 is 1.83 bits per heavy atom. The summed E-state index contributed by atoms with van der Waals surface area (Å²) in [5, 5.41) is 0. The molecule has 1 aliphatic rings. The molecule has 6 nitrogen and oxygen atoms in total. The van der Waals surface area contributed by atoms with Gasteiger partial charge in [-0.2, -0.15) is 8.75 Å². The molecule has 0 spiro atoms. The van der Waals surface area contributed by atoms with Crippen molar-refractivity contribution in [3.8, 4) is 11.1 Å². The maximum absolute atomic E-state index is 11.6. The van der Waals surface area contributed by atoms with Crippen molar-refractivity contribution in [1.82, 2.24) is 8.75 Å². The van der Waals surface area contributed by atoms with Crippen LogP contribution in [-0.2, 0) is 20.0 Å². The Labute approximate surface area is 142 Å². The second-order valence-corrected chi connectivity index (χ2v) is 5.97. The van der Waals surface area contributed by atoms with Crippen molar-refractivity contribution in [2.45, 2.75) is 5.79 Å². The molecule has 4 rings (SSSR count). The number of fused-ring (bicyclic) bond motifs is 1. The Hall–Kier alpha value is -2.35. The number of esters is 1. The van der Waals surface area contributed by atoms with Crippen LogP contribution in [0.3, 0.4) is 0 Å². The van der Waals surface area contributed by atoms with Gasteiger partial charge in [0.2, 0.25) is 5.79 Å². The Kier molecular flexibility index (Phi) is 3.56. The average Bonchev–Trinajstić information content (AvgIpc) is 3.28. The standard InChI is InChI=1S/C17H14N2O4S/c1-21-16(20)11-5-3-10(4-6-11)12-7-8-13(17(22-2)9-23-17)15-14(12)18-24-19-15/h3-8H,9H2,1-2H3. The molecule has 1 saturated heterocycles. The minimum absolute atomic E-state index is 0.356. The number of ether oxygens (including phenoxy) is 3. The van der Waals surface area contributed by atoms with Crippen molar-refractivity contribution in [2.75, 3.05) is 20.8 Å². The first-order chi connectivity index (χ1) is 11.7. The Morgan fingerprint density at radius 1 is 1.12 bits per heavy atom. The first-order valence-corrected chi connectivity index (χ1v) is 8.05. The van der Waals surface area contributed by atoms with E-state index in [1.165, 1.54) is 7.11 Å². The van der Waals surface area contributed by atoms with E-state index in [-0.39, 0.29) is 5.97 Å². The van der Waals surface area contributed by atoms with Gasteiger partial charge in [-0.25, -0.2) is 4.79 Å². The normalized spacial score (nSPS) is 19.4. The molecule has 1 fully saturated rings. The van der Waals surface area contributed by atoms with E-state index in [9.17, 15) is 4.79 Å². The van der Waals surface area contributed by atoms with E-state index in [0.717, 1.165) is 39.5 Å². The van der Waals surface area contributed by atoms with Gasteiger partial charge in [0.05, 0.1) is 24.4 Å². The second kappa shape index (κ2) is 5.62. The van der Waals surface area contributed by atoms with E-state index >= 15 is 0 Å². The lowest BCUT2D eigenvalue weighted by Gasteiger charge is -2.12. The molecule has 0 N–H and O–H groups in total. The summed E-state index contributed by atoms with van der Waals surface area (Å²) in [5.41, 5.74) is 4.89. The average molecular weight is 342 g/mol. The van der Waals surface area contributed by atoms with Crippen LogP contribution in [0.4, 0.5) is 0 Å². The highest BCUT2D eigenvalue weighted by Crippen LogP contribution is 2.43. The summed E-state index contributed by atoms with van der Waals surface area (Å²) in [6.45, 7) is 0.517. The Morgan fingerprint density at radius 3 is 2.46 bits per heavy atom. The fraction of sp³-hybridized carbons (Fsp3) is 0.235. The predicted octanol–water partition coefficient (Wildman–Crippen LogP) is 2.97. The Bertz CT molecular complexity index is 916. The molecule has 0 amide bonds. The van der Waals surface area contributed by atoms with E-state index in [0.29, 0.717) is 12.2 Å². The largest absolute Gasteiger partial charge is 0.465 e. The lowest BCUT2D eigenvalue weighted by Crippen LogP contribution is -2.11. The van der Waals surface area contributed by atoms with Gasteiger partial charge >= 0.3 is 5.97 Å². The molecule has 1 unspecified atom stereocenters. The minimum Gasteiger partial charge on any atom is -0.465 e. The second-order valence-electron chi connectivity index (χ2n) is 5.44. The molecule has 7 heteroatoms. The fourth-order valence-corrected chi connectivity index (χ4v) is 3.33. The van der Waals surface area contributed by atoms with E-state index in [4.69, 9.17) is 14.2 Å². The molecule has 3 aromatic rings. The van der Waals surface area contributed by atoms with Crippen molar-refractivity contribution in [3.05, 3.63) is 47.5 Å². The van der Waals surface area contributed by atoms with Gasteiger partial charge in [0, 0.05) is 18.2 Å². The number of hydrogen-bond donors (Lipinski definition) is 0. The van der Waals surface area contributed by atoms with Crippen molar-refractivity contribution >= 4 is 28.7 Å². The minimum atomic E-state index is -0.693. The van der Waals surface area contributed by atoms with E-state index < -0.39 is 5.79 Å². The lowest BCUT2D eigenvalue weighted by atomic mass is 9.98. The van der Waals surface area contributed by atoms with Crippen LogP contribution < -0.4 is 0 Å². The van der Waals surface area contributed by atoms with Gasteiger partial charge in [0.25, 0.3) is 0 Å². The molecule has 0 radical (unpaired) electrons. The Balaban J connectivity index is 1.80. The fourth-order valence-electron chi connectivity index (χ4n) is 2.76. The van der Waals surface area contributed by atoms with E-state index in [1.807, 2.05) is 24.3 Å². The molecule has 0 bridgehead atoms. The molecule has 24 heavy (non-hydrogen) atoms. The van der Waals surface area contributed by atoms with Gasteiger partial charge in [-0.1, -0.05) is 24.3 Å². The SMILES string of the molecule is COC(=O)c1ccc(-c2ccc(C3(OC)CO3)c3nsnc23)cc1. The van der Waals surface area contributed by atoms with Crippen LogP contribution in [0.15, 0.2) is 36.4 Å². The van der Waals surface area contributed by atoms with Crippen LogP contribution in [0.5, 0.6) is 0 Å². The number of hydrogen-bond acceptors (Lipinski definition) is 7. The molecule has 122 valence electrons. The number of benzene rings is 2. The molecular formula is C17H14N2O4S. The molecule has 1 aromatic heterocycles. The van der Waals surface area contributed by atoms with Crippen molar-refractivity contribution in [3.63, 3.8) is 0 Å². The number of carbonyl (C=O) groups is 1. The predicted molar refractivity (Wildman–Crippen MR) is 88.8 cm³/mol. The van der Waals surface area contributed by atoms with Crippen molar-refractivity contribution in [1.29, 1.82) is 0 Å². The summed E-state index contributed by atoms with van der Waals surface area (Å²) in [6.07, 6.45) is 0. The molecule has 1 aliphatic heterocycles. The number of rotatable bonds is 4. The van der Waals surface area contributed by atoms with E-state index in [2.05, 4.69) is 8.75 Å². The van der Waals surface area contributed by atoms with Crippen molar-refractivity contribution in [2.24, 2.45) is 0 Å². The third-order valence-corrected chi connectivity index (χ3v) is 4.71. The summed E-state index contributed by atoms with van der Waals surface area (Å²) in [5.74, 6) is -1.05.